The van der Waals surface area contributed by atoms with Crippen LogP contribution in [0.2, 0.25) is 5.02 Å². The first-order valence-corrected chi connectivity index (χ1v) is 7.05. The van der Waals surface area contributed by atoms with E-state index in [1.54, 1.807) is 0 Å². The average molecular weight is 274 g/mol. The Morgan fingerprint density at radius 1 is 1.05 bits per heavy atom. The molecule has 2 rings (SSSR count). The zero-order valence-corrected chi connectivity index (χ0v) is 12.2. The predicted molar refractivity (Wildman–Crippen MR) is 82.6 cm³/mol. The highest BCUT2D eigenvalue weighted by molar-refractivity contribution is 6.30. The van der Waals surface area contributed by atoms with Gasteiger partial charge in [0, 0.05) is 17.6 Å². The number of hydrogen-bond donors (Lipinski definition) is 1. The van der Waals surface area contributed by atoms with Gasteiger partial charge in [-0.1, -0.05) is 48.0 Å². The zero-order chi connectivity index (χ0) is 13.7. The molecule has 1 N–H and O–H groups in total. The van der Waals surface area contributed by atoms with Crippen molar-refractivity contribution in [1.29, 1.82) is 0 Å². The van der Waals surface area contributed by atoms with Crippen LogP contribution in [0.15, 0.2) is 48.5 Å². The fourth-order valence-corrected chi connectivity index (χ4v) is 2.26. The van der Waals surface area contributed by atoms with Crippen LogP contribution in [0.3, 0.4) is 0 Å². The Morgan fingerprint density at radius 3 is 2.42 bits per heavy atom. The molecule has 0 aliphatic rings. The van der Waals surface area contributed by atoms with E-state index in [0.29, 0.717) is 6.04 Å². The minimum absolute atomic E-state index is 0.445. The number of benzene rings is 2. The summed E-state index contributed by atoms with van der Waals surface area (Å²) in [6.45, 7) is 5.29. The van der Waals surface area contributed by atoms with Crippen LogP contribution in [0, 0.1) is 6.92 Å². The lowest BCUT2D eigenvalue weighted by Gasteiger charge is -2.15. The van der Waals surface area contributed by atoms with Crippen molar-refractivity contribution >= 4 is 11.6 Å². The number of hydrogen-bond acceptors (Lipinski definition) is 1. The van der Waals surface area contributed by atoms with Crippen LogP contribution in [0.25, 0.3) is 0 Å². The summed E-state index contributed by atoms with van der Waals surface area (Å²) in [6.07, 6.45) is 1.02. The van der Waals surface area contributed by atoms with Gasteiger partial charge in [0.1, 0.15) is 0 Å². The Hall–Kier alpha value is -1.31. The van der Waals surface area contributed by atoms with Crippen molar-refractivity contribution in [3.05, 3.63) is 70.2 Å². The molecule has 100 valence electrons. The largest absolute Gasteiger partial charge is 0.310 e. The molecule has 0 saturated carbocycles. The topological polar surface area (TPSA) is 12.0 Å². The molecule has 1 unspecified atom stereocenters. The van der Waals surface area contributed by atoms with E-state index >= 15 is 0 Å². The lowest BCUT2D eigenvalue weighted by molar-refractivity contribution is 0.544. The number of rotatable bonds is 5. The smallest absolute Gasteiger partial charge is 0.0406 e. The van der Waals surface area contributed by atoms with Crippen molar-refractivity contribution in [2.45, 2.75) is 32.9 Å². The van der Waals surface area contributed by atoms with Gasteiger partial charge in [-0.05, 0) is 49.1 Å². The highest BCUT2D eigenvalue weighted by atomic mass is 35.5. The molecule has 2 aromatic rings. The monoisotopic (exact) mass is 273 g/mol. The molecule has 0 aliphatic heterocycles. The Kier molecular flexibility index (Phi) is 5.00. The van der Waals surface area contributed by atoms with E-state index < -0.39 is 0 Å². The van der Waals surface area contributed by atoms with Crippen LogP contribution in [0.1, 0.15) is 23.6 Å². The first kappa shape index (κ1) is 14.1. The standard InChI is InChI=1S/C17H20ClN/c1-13-5-3-4-6-16(13)12-19-14(2)11-15-7-9-17(18)10-8-15/h3-10,14,19H,11-12H2,1-2H3. The average Bonchev–Trinajstić information content (AvgIpc) is 2.40. The lowest BCUT2D eigenvalue weighted by Crippen LogP contribution is -2.27. The summed E-state index contributed by atoms with van der Waals surface area (Å²) < 4.78 is 0. The van der Waals surface area contributed by atoms with Crippen molar-refractivity contribution in [1.82, 2.24) is 5.32 Å². The maximum absolute atomic E-state index is 5.89. The molecule has 0 spiro atoms. The molecule has 1 nitrogen and oxygen atoms in total. The van der Waals surface area contributed by atoms with E-state index in [2.05, 4.69) is 55.6 Å². The van der Waals surface area contributed by atoms with Crippen LogP contribution < -0.4 is 5.32 Å². The Labute approximate surface area is 120 Å². The fraction of sp³-hybridized carbons (Fsp3) is 0.294. The molecular formula is C17H20ClN. The zero-order valence-electron chi connectivity index (χ0n) is 11.5. The van der Waals surface area contributed by atoms with Gasteiger partial charge in [0.2, 0.25) is 0 Å². The van der Waals surface area contributed by atoms with E-state index in [1.165, 1.54) is 16.7 Å². The third-order valence-corrected chi connectivity index (χ3v) is 3.61. The summed E-state index contributed by atoms with van der Waals surface area (Å²) >= 11 is 5.89. The van der Waals surface area contributed by atoms with Crippen LogP contribution in [0.5, 0.6) is 0 Å². The lowest BCUT2D eigenvalue weighted by atomic mass is 10.1. The molecule has 1 atom stereocenters. The van der Waals surface area contributed by atoms with E-state index in [0.717, 1.165) is 18.0 Å². The Balaban J connectivity index is 1.86. The first-order chi connectivity index (χ1) is 9.15. The molecule has 0 fully saturated rings. The van der Waals surface area contributed by atoms with Gasteiger partial charge in [-0.3, -0.25) is 0 Å². The van der Waals surface area contributed by atoms with Gasteiger partial charge in [0.05, 0.1) is 0 Å². The molecule has 2 heteroatoms. The van der Waals surface area contributed by atoms with Crippen molar-refractivity contribution in [2.75, 3.05) is 0 Å². The molecular weight excluding hydrogens is 254 g/mol. The summed E-state index contributed by atoms with van der Waals surface area (Å²) in [5.41, 5.74) is 4.02. The van der Waals surface area contributed by atoms with Gasteiger partial charge in [-0.2, -0.15) is 0 Å². The highest BCUT2D eigenvalue weighted by Crippen LogP contribution is 2.12. The van der Waals surface area contributed by atoms with Crippen LogP contribution in [-0.2, 0) is 13.0 Å². The molecule has 0 aliphatic carbocycles. The first-order valence-electron chi connectivity index (χ1n) is 6.67. The van der Waals surface area contributed by atoms with Crippen molar-refractivity contribution in [3.8, 4) is 0 Å². The summed E-state index contributed by atoms with van der Waals surface area (Å²) in [5, 5.41) is 4.37. The fourth-order valence-electron chi connectivity index (χ4n) is 2.14. The SMILES string of the molecule is Cc1ccccc1CNC(C)Cc1ccc(Cl)cc1. The maximum Gasteiger partial charge on any atom is 0.0406 e. The van der Waals surface area contributed by atoms with Gasteiger partial charge in [0.15, 0.2) is 0 Å². The molecule has 0 heterocycles. The summed E-state index contributed by atoms with van der Waals surface area (Å²) in [7, 11) is 0. The van der Waals surface area contributed by atoms with Gasteiger partial charge in [-0.25, -0.2) is 0 Å². The molecule has 0 amide bonds. The minimum atomic E-state index is 0.445. The summed E-state index contributed by atoms with van der Waals surface area (Å²) in [5.74, 6) is 0. The van der Waals surface area contributed by atoms with Crippen molar-refractivity contribution < 1.29 is 0 Å². The molecule has 19 heavy (non-hydrogen) atoms. The number of aryl methyl sites for hydroxylation is 1. The molecule has 0 bridgehead atoms. The van der Waals surface area contributed by atoms with E-state index in [-0.39, 0.29) is 0 Å². The third kappa shape index (κ3) is 4.38. The molecule has 0 saturated heterocycles. The predicted octanol–water partition coefficient (Wildman–Crippen LogP) is 4.37. The van der Waals surface area contributed by atoms with Crippen LogP contribution in [0.4, 0.5) is 0 Å². The van der Waals surface area contributed by atoms with E-state index in [4.69, 9.17) is 11.6 Å². The third-order valence-electron chi connectivity index (χ3n) is 3.36. The second kappa shape index (κ2) is 6.74. The summed E-state index contributed by atoms with van der Waals surface area (Å²) in [4.78, 5) is 0. The van der Waals surface area contributed by atoms with Crippen LogP contribution >= 0.6 is 11.6 Å². The van der Waals surface area contributed by atoms with Crippen LogP contribution in [-0.4, -0.2) is 6.04 Å². The Bertz CT molecular complexity index is 519. The van der Waals surface area contributed by atoms with E-state index in [9.17, 15) is 0 Å². The minimum Gasteiger partial charge on any atom is -0.310 e. The van der Waals surface area contributed by atoms with E-state index in [1.807, 2.05) is 12.1 Å². The normalized spacial score (nSPS) is 12.4. The second-order valence-corrected chi connectivity index (χ2v) is 5.48. The highest BCUT2D eigenvalue weighted by Gasteiger charge is 2.04. The quantitative estimate of drug-likeness (QED) is 0.853. The molecule has 2 aromatic carbocycles. The van der Waals surface area contributed by atoms with Gasteiger partial charge < -0.3 is 5.32 Å². The Morgan fingerprint density at radius 2 is 1.74 bits per heavy atom. The van der Waals surface area contributed by atoms with Crippen molar-refractivity contribution in [2.24, 2.45) is 0 Å². The van der Waals surface area contributed by atoms with Gasteiger partial charge >= 0.3 is 0 Å². The van der Waals surface area contributed by atoms with Crippen molar-refractivity contribution in [3.63, 3.8) is 0 Å². The molecule has 0 aromatic heterocycles. The maximum atomic E-state index is 5.89. The van der Waals surface area contributed by atoms with Gasteiger partial charge in [0.25, 0.3) is 0 Å². The number of nitrogens with one attached hydrogen (secondary N) is 1. The second-order valence-electron chi connectivity index (χ2n) is 5.04. The number of halogens is 1. The molecule has 0 radical (unpaired) electrons. The van der Waals surface area contributed by atoms with Gasteiger partial charge in [-0.15, -0.1) is 0 Å². The summed E-state index contributed by atoms with van der Waals surface area (Å²) in [6, 6.07) is 17.0.